The number of nitrogens with zero attached hydrogens (tertiary/aromatic N) is 2. The molecule has 1 saturated heterocycles. The molecule has 0 radical (unpaired) electrons. The monoisotopic (exact) mass is 312 g/mol. The van der Waals surface area contributed by atoms with E-state index in [2.05, 4.69) is 12.6 Å². The van der Waals surface area contributed by atoms with Crippen molar-refractivity contribution in [3.05, 3.63) is 48.6 Å². The maximum Gasteiger partial charge on any atom is 0.323 e. The van der Waals surface area contributed by atoms with E-state index in [-0.39, 0.29) is 17.9 Å². The van der Waals surface area contributed by atoms with Crippen LogP contribution in [0.2, 0.25) is 0 Å². The molecule has 0 saturated carbocycles. The summed E-state index contributed by atoms with van der Waals surface area (Å²) in [7, 11) is 0. The first-order valence-electron chi connectivity index (χ1n) is 7.90. The number of hydrogen-bond acceptors (Lipinski definition) is 4. The van der Waals surface area contributed by atoms with E-state index in [1.165, 1.54) is 0 Å². The van der Waals surface area contributed by atoms with Gasteiger partial charge in [-0.2, -0.15) is 5.26 Å². The maximum absolute atomic E-state index is 12.6. The summed E-state index contributed by atoms with van der Waals surface area (Å²) in [5.41, 5.74) is 0.565. The third-order valence-corrected chi connectivity index (χ3v) is 3.97. The maximum atomic E-state index is 12.6. The minimum atomic E-state index is -0.538. The molecule has 122 valence electrons. The lowest BCUT2D eigenvalue weighted by atomic mass is 10.0. The first-order chi connectivity index (χ1) is 10.9. The van der Waals surface area contributed by atoms with Crippen molar-refractivity contribution in [2.24, 2.45) is 5.92 Å². The highest BCUT2D eigenvalue weighted by Crippen LogP contribution is 2.33. The molecular formula is C19H24N2O2. The number of esters is 1. The fourth-order valence-electron chi connectivity index (χ4n) is 2.99. The van der Waals surface area contributed by atoms with Gasteiger partial charge in [0.1, 0.15) is 11.6 Å². The van der Waals surface area contributed by atoms with Gasteiger partial charge in [-0.25, -0.2) is 0 Å². The summed E-state index contributed by atoms with van der Waals surface area (Å²) >= 11 is 0. The molecular weight excluding hydrogens is 288 g/mol. The largest absolute Gasteiger partial charge is 0.459 e. The van der Waals surface area contributed by atoms with Gasteiger partial charge in [0, 0.05) is 12.6 Å². The van der Waals surface area contributed by atoms with Crippen LogP contribution in [0.25, 0.3) is 0 Å². The van der Waals surface area contributed by atoms with E-state index in [4.69, 9.17) is 4.74 Å². The van der Waals surface area contributed by atoms with Gasteiger partial charge in [-0.1, -0.05) is 36.4 Å². The van der Waals surface area contributed by atoms with Crippen LogP contribution in [0, 0.1) is 17.2 Å². The molecule has 1 heterocycles. The van der Waals surface area contributed by atoms with Gasteiger partial charge in [0.25, 0.3) is 0 Å². The van der Waals surface area contributed by atoms with E-state index < -0.39 is 11.6 Å². The van der Waals surface area contributed by atoms with Crippen molar-refractivity contribution in [2.45, 2.75) is 51.4 Å². The number of likely N-dealkylation sites (tertiary alicyclic amines) is 1. The zero-order valence-corrected chi connectivity index (χ0v) is 14.0. The Bertz CT molecular complexity index is 598. The Labute approximate surface area is 138 Å². The van der Waals surface area contributed by atoms with Crippen LogP contribution in [0.4, 0.5) is 0 Å². The Balaban J connectivity index is 2.25. The Morgan fingerprint density at radius 1 is 1.43 bits per heavy atom. The lowest BCUT2D eigenvalue weighted by molar-refractivity contribution is -0.160. The molecule has 0 N–H and O–H groups in total. The molecule has 1 fully saturated rings. The summed E-state index contributed by atoms with van der Waals surface area (Å²) < 4.78 is 5.55. The molecule has 4 nitrogen and oxygen atoms in total. The number of benzene rings is 1. The first-order valence-corrected chi connectivity index (χ1v) is 7.90. The zero-order chi connectivity index (χ0) is 17.0. The van der Waals surface area contributed by atoms with E-state index in [1.807, 2.05) is 56.0 Å². The minimum absolute atomic E-state index is 0.141. The first kappa shape index (κ1) is 17.2. The minimum Gasteiger partial charge on any atom is -0.459 e. The smallest absolute Gasteiger partial charge is 0.323 e. The van der Waals surface area contributed by atoms with Crippen LogP contribution < -0.4 is 0 Å². The normalized spacial score (nSPS) is 24.9. The summed E-state index contributed by atoms with van der Waals surface area (Å²) in [6, 6.07) is 11.7. The van der Waals surface area contributed by atoms with Crippen LogP contribution in [0.1, 0.15) is 32.8 Å². The van der Waals surface area contributed by atoms with Crippen molar-refractivity contribution in [3.8, 4) is 6.07 Å². The van der Waals surface area contributed by atoms with Crippen LogP contribution in [0.15, 0.2) is 43.0 Å². The van der Waals surface area contributed by atoms with Crippen molar-refractivity contribution < 1.29 is 9.53 Å². The van der Waals surface area contributed by atoms with Gasteiger partial charge in [0.05, 0.1) is 12.0 Å². The molecule has 3 atom stereocenters. The summed E-state index contributed by atoms with van der Waals surface area (Å²) in [6.07, 6.45) is 2.25. The van der Waals surface area contributed by atoms with Gasteiger partial charge in [0.2, 0.25) is 0 Å². The molecule has 0 unspecified atom stereocenters. The Kier molecular flexibility index (Phi) is 5.23. The van der Waals surface area contributed by atoms with Gasteiger partial charge in [-0.15, -0.1) is 6.58 Å². The van der Waals surface area contributed by atoms with E-state index in [1.54, 1.807) is 6.08 Å². The summed E-state index contributed by atoms with van der Waals surface area (Å²) in [6.45, 7) is 10.0. The molecule has 0 bridgehead atoms. The van der Waals surface area contributed by atoms with E-state index in [9.17, 15) is 10.1 Å². The fraction of sp³-hybridized carbons (Fsp3) is 0.474. The number of carbonyl (C=O) groups excluding carboxylic acids is 1. The van der Waals surface area contributed by atoms with Crippen LogP contribution in [-0.2, 0) is 16.1 Å². The van der Waals surface area contributed by atoms with Crippen LogP contribution in [0.3, 0.4) is 0 Å². The van der Waals surface area contributed by atoms with E-state index in [0.717, 1.165) is 5.56 Å². The van der Waals surface area contributed by atoms with Crippen molar-refractivity contribution in [1.82, 2.24) is 4.90 Å². The van der Waals surface area contributed by atoms with Gasteiger partial charge >= 0.3 is 5.97 Å². The number of hydrogen-bond donors (Lipinski definition) is 0. The van der Waals surface area contributed by atoms with Crippen LogP contribution in [0.5, 0.6) is 0 Å². The molecule has 1 aliphatic rings. The predicted octanol–water partition coefficient (Wildman–Crippen LogP) is 3.30. The third kappa shape index (κ3) is 4.20. The van der Waals surface area contributed by atoms with E-state index in [0.29, 0.717) is 13.0 Å². The predicted molar refractivity (Wildman–Crippen MR) is 89.3 cm³/mol. The Morgan fingerprint density at radius 2 is 2.09 bits per heavy atom. The Morgan fingerprint density at radius 3 is 2.61 bits per heavy atom. The van der Waals surface area contributed by atoms with Crippen molar-refractivity contribution in [2.75, 3.05) is 0 Å². The number of rotatable bonds is 4. The molecule has 1 aromatic rings. The summed E-state index contributed by atoms with van der Waals surface area (Å²) in [4.78, 5) is 14.6. The lowest BCUT2D eigenvalue weighted by Gasteiger charge is -2.30. The summed E-state index contributed by atoms with van der Waals surface area (Å²) in [5.74, 6) is -0.508. The quantitative estimate of drug-likeness (QED) is 0.632. The number of carbonyl (C=O) groups is 1. The second kappa shape index (κ2) is 6.97. The van der Waals surface area contributed by atoms with Crippen LogP contribution >= 0.6 is 0 Å². The number of nitriles is 1. The standard InChI is InChI=1S/C19H24N2O2/c1-5-16-15(12-20)11-17(18(22)23-19(2,3)4)21(16)13-14-9-7-6-8-10-14/h5-10,15-17H,1,11,13H2,2-4H3/t15-,16-,17+/m0/s1. The molecule has 4 heteroatoms. The SMILES string of the molecule is C=C[C@H]1[C@H](C#N)C[C@H](C(=O)OC(C)(C)C)N1Cc1ccccc1. The highest BCUT2D eigenvalue weighted by atomic mass is 16.6. The molecule has 1 aromatic carbocycles. The van der Waals surface area contributed by atoms with Gasteiger partial charge < -0.3 is 4.74 Å². The molecule has 0 aromatic heterocycles. The molecule has 23 heavy (non-hydrogen) atoms. The van der Waals surface area contributed by atoms with Gasteiger partial charge in [0.15, 0.2) is 0 Å². The molecule has 2 rings (SSSR count). The molecule has 0 aliphatic carbocycles. The average Bonchev–Trinajstić information content (AvgIpc) is 2.84. The topological polar surface area (TPSA) is 53.3 Å². The fourth-order valence-corrected chi connectivity index (χ4v) is 2.99. The summed E-state index contributed by atoms with van der Waals surface area (Å²) in [5, 5.41) is 9.41. The highest BCUT2D eigenvalue weighted by Gasteiger charge is 2.44. The molecule has 0 spiro atoms. The van der Waals surface area contributed by atoms with Crippen molar-refractivity contribution >= 4 is 5.97 Å². The molecule has 1 aliphatic heterocycles. The third-order valence-electron chi connectivity index (χ3n) is 3.97. The van der Waals surface area contributed by atoms with Gasteiger partial charge in [-0.05, 0) is 32.8 Å². The Hall–Kier alpha value is -2.12. The molecule has 0 amide bonds. The lowest BCUT2D eigenvalue weighted by Crippen LogP contribution is -2.43. The second-order valence-corrected chi connectivity index (χ2v) is 6.90. The van der Waals surface area contributed by atoms with Crippen molar-refractivity contribution in [3.63, 3.8) is 0 Å². The van der Waals surface area contributed by atoms with Crippen LogP contribution in [-0.4, -0.2) is 28.6 Å². The van der Waals surface area contributed by atoms with Crippen molar-refractivity contribution in [1.29, 1.82) is 5.26 Å². The van der Waals surface area contributed by atoms with Gasteiger partial charge in [-0.3, -0.25) is 9.69 Å². The highest BCUT2D eigenvalue weighted by molar-refractivity contribution is 5.77. The van der Waals surface area contributed by atoms with E-state index >= 15 is 0 Å². The zero-order valence-electron chi connectivity index (χ0n) is 14.0. The number of ether oxygens (including phenoxy) is 1. The average molecular weight is 312 g/mol. The second-order valence-electron chi connectivity index (χ2n) is 6.90.